The van der Waals surface area contributed by atoms with Crippen molar-refractivity contribution in [2.45, 2.75) is 26.0 Å². The van der Waals surface area contributed by atoms with Gasteiger partial charge in [0.1, 0.15) is 0 Å². The number of rotatable bonds is 4. The molecule has 2 rings (SSSR count). The van der Waals surface area contributed by atoms with Crippen molar-refractivity contribution in [3.05, 3.63) is 34.9 Å². The molecule has 1 aromatic rings. The van der Waals surface area contributed by atoms with Crippen molar-refractivity contribution in [1.82, 2.24) is 9.80 Å². The third kappa shape index (κ3) is 3.85. The first kappa shape index (κ1) is 16.5. The number of hydrogen-bond donors (Lipinski definition) is 1. The highest BCUT2D eigenvalue weighted by molar-refractivity contribution is 5.75. The Bertz CT molecular complexity index is 592. The molecule has 1 heterocycles. The first-order valence-corrected chi connectivity index (χ1v) is 7.51. The minimum atomic E-state index is -0.456. The Morgan fingerprint density at radius 3 is 2.77 bits per heavy atom. The molecular formula is C17H23N3O2. The van der Waals surface area contributed by atoms with Gasteiger partial charge in [-0.1, -0.05) is 6.07 Å². The fourth-order valence-corrected chi connectivity index (χ4v) is 2.86. The molecule has 118 valence electrons. The van der Waals surface area contributed by atoms with Crippen LogP contribution >= 0.6 is 0 Å². The number of aliphatic hydroxyl groups excluding tert-OH is 1. The Morgan fingerprint density at radius 2 is 2.18 bits per heavy atom. The summed E-state index contributed by atoms with van der Waals surface area (Å²) in [6.45, 7) is 4.04. The third-order valence-electron chi connectivity index (χ3n) is 4.28. The average Bonchev–Trinajstić information content (AvgIpc) is 2.81. The largest absolute Gasteiger partial charge is 0.391 e. The summed E-state index contributed by atoms with van der Waals surface area (Å²) in [4.78, 5) is 15.5. The van der Waals surface area contributed by atoms with Gasteiger partial charge in [-0.2, -0.15) is 5.26 Å². The SMILES string of the molecule is Cc1cc(C#N)ccc1CN1C[C@@H](CC(=O)N(C)C)[C@H](O)C1. The Balaban J connectivity index is 1.98. The molecule has 0 bridgehead atoms. The summed E-state index contributed by atoms with van der Waals surface area (Å²) >= 11 is 0. The van der Waals surface area contributed by atoms with Crippen LogP contribution < -0.4 is 0 Å². The number of likely N-dealkylation sites (tertiary alicyclic amines) is 1. The second kappa shape index (κ2) is 6.91. The van der Waals surface area contributed by atoms with Gasteiger partial charge in [0.05, 0.1) is 17.7 Å². The highest BCUT2D eigenvalue weighted by Crippen LogP contribution is 2.24. The second-order valence-electron chi connectivity index (χ2n) is 6.27. The molecule has 1 fully saturated rings. The topological polar surface area (TPSA) is 67.6 Å². The number of benzene rings is 1. The number of amides is 1. The Kier molecular flexibility index (Phi) is 5.17. The van der Waals surface area contributed by atoms with Crippen molar-refractivity contribution >= 4 is 5.91 Å². The molecule has 0 aromatic heterocycles. The Labute approximate surface area is 131 Å². The number of β-amino-alcohol motifs (C(OH)–C–C–N with tert-alkyl or cyclic N) is 1. The van der Waals surface area contributed by atoms with Gasteiger partial charge in [0.2, 0.25) is 5.91 Å². The van der Waals surface area contributed by atoms with Crippen LogP contribution in [0.5, 0.6) is 0 Å². The van der Waals surface area contributed by atoms with Crippen LogP contribution in [0.25, 0.3) is 0 Å². The molecule has 1 aromatic carbocycles. The van der Waals surface area contributed by atoms with Crippen LogP contribution in [0.3, 0.4) is 0 Å². The molecule has 1 N–H and O–H groups in total. The Morgan fingerprint density at radius 1 is 1.45 bits per heavy atom. The molecule has 0 aliphatic carbocycles. The lowest BCUT2D eigenvalue weighted by atomic mass is 10.0. The summed E-state index contributed by atoms with van der Waals surface area (Å²) in [7, 11) is 3.48. The molecule has 5 heteroatoms. The molecule has 1 saturated heterocycles. The van der Waals surface area contributed by atoms with E-state index in [1.54, 1.807) is 19.0 Å². The quantitative estimate of drug-likeness (QED) is 0.905. The van der Waals surface area contributed by atoms with E-state index < -0.39 is 6.10 Å². The van der Waals surface area contributed by atoms with E-state index in [0.717, 1.165) is 24.2 Å². The van der Waals surface area contributed by atoms with Crippen LogP contribution in [-0.2, 0) is 11.3 Å². The summed E-state index contributed by atoms with van der Waals surface area (Å²) in [6.07, 6.45) is -0.0700. The average molecular weight is 301 g/mol. The van der Waals surface area contributed by atoms with E-state index in [-0.39, 0.29) is 11.8 Å². The first-order chi connectivity index (χ1) is 10.4. The normalized spacial score (nSPS) is 21.6. The predicted octanol–water partition coefficient (Wildman–Crippen LogP) is 1.14. The van der Waals surface area contributed by atoms with Gasteiger partial charge in [0.25, 0.3) is 0 Å². The highest BCUT2D eigenvalue weighted by Gasteiger charge is 2.33. The van der Waals surface area contributed by atoms with Gasteiger partial charge >= 0.3 is 0 Å². The van der Waals surface area contributed by atoms with Crippen molar-refractivity contribution in [2.24, 2.45) is 5.92 Å². The van der Waals surface area contributed by atoms with Gasteiger partial charge in [-0.25, -0.2) is 0 Å². The molecule has 1 aliphatic heterocycles. The molecule has 2 atom stereocenters. The van der Waals surface area contributed by atoms with E-state index in [2.05, 4.69) is 11.0 Å². The van der Waals surface area contributed by atoms with E-state index >= 15 is 0 Å². The van der Waals surface area contributed by atoms with Crippen LogP contribution in [0.2, 0.25) is 0 Å². The van der Waals surface area contributed by atoms with Gasteiger partial charge in [-0.05, 0) is 30.2 Å². The van der Waals surface area contributed by atoms with E-state index in [1.807, 2.05) is 25.1 Å². The summed E-state index contributed by atoms with van der Waals surface area (Å²) in [5.41, 5.74) is 2.91. The number of nitriles is 1. The number of aliphatic hydroxyl groups is 1. The fraction of sp³-hybridized carbons (Fsp3) is 0.529. The maximum atomic E-state index is 11.8. The third-order valence-corrected chi connectivity index (χ3v) is 4.28. The molecule has 0 saturated carbocycles. The van der Waals surface area contributed by atoms with E-state index in [4.69, 9.17) is 5.26 Å². The number of carbonyl (C=O) groups is 1. The van der Waals surface area contributed by atoms with Crippen molar-refractivity contribution in [1.29, 1.82) is 5.26 Å². The number of carbonyl (C=O) groups excluding carboxylic acids is 1. The van der Waals surface area contributed by atoms with E-state index in [1.165, 1.54) is 0 Å². The maximum absolute atomic E-state index is 11.8. The molecule has 22 heavy (non-hydrogen) atoms. The Hall–Kier alpha value is -1.90. The number of aryl methyl sites for hydroxylation is 1. The highest BCUT2D eigenvalue weighted by atomic mass is 16.3. The first-order valence-electron chi connectivity index (χ1n) is 7.51. The zero-order valence-electron chi connectivity index (χ0n) is 13.4. The fourth-order valence-electron chi connectivity index (χ4n) is 2.86. The predicted molar refractivity (Wildman–Crippen MR) is 84.0 cm³/mol. The lowest BCUT2D eigenvalue weighted by Crippen LogP contribution is -2.28. The summed E-state index contributed by atoms with van der Waals surface area (Å²) in [6, 6.07) is 7.82. The molecule has 0 spiro atoms. The van der Waals surface area contributed by atoms with E-state index in [9.17, 15) is 9.90 Å². The summed E-state index contributed by atoms with van der Waals surface area (Å²) < 4.78 is 0. The standard InChI is InChI=1S/C17H23N3O2/c1-12-6-13(8-18)4-5-14(12)9-20-10-15(16(21)11-20)7-17(22)19(2)3/h4-6,15-16,21H,7,9-11H2,1-3H3/t15-,16-/m1/s1. The minimum absolute atomic E-state index is 0.00594. The molecule has 0 unspecified atom stereocenters. The van der Waals surface area contributed by atoms with Crippen LogP contribution in [-0.4, -0.2) is 54.1 Å². The zero-order valence-corrected chi connectivity index (χ0v) is 13.4. The van der Waals surface area contributed by atoms with Gasteiger partial charge in [0, 0.05) is 46.1 Å². The molecule has 1 amide bonds. The van der Waals surface area contributed by atoms with Gasteiger partial charge < -0.3 is 10.0 Å². The van der Waals surface area contributed by atoms with Crippen molar-refractivity contribution < 1.29 is 9.90 Å². The van der Waals surface area contributed by atoms with E-state index in [0.29, 0.717) is 18.5 Å². The van der Waals surface area contributed by atoms with Gasteiger partial charge in [-0.3, -0.25) is 9.69 Å². The van der Waals surface area contributed by atoms with Crippen molar-refractivity contribution in [3.8, 4) is 6.07 Å². The lowest BCUT2D eigenvalue weighted by molar-refractivity contribution is -0.130. The van der Waals surface area contributed by atoms with Crippen molar-refractivity contribution in [2.75, 3.05) is 27.2 Å². The molecule has 0 radical (unpaired) electrons. The maximum Gasteiger partial charge on any atom is 0.222 e. The van der Waals surface area contributed by atoms with Crippen LogP contribution in [0, 0.1) is 24.2 Å². The van der Waals surface area contributed by atoms with Gasteiger partial charge in [0.15, 0.2) is 0 Å². The molecular weight excluding hydrogens is 278 g/mol. The molecule has 5 nitrogen and oxygen atoms in total. The van der Waals surface area contributed by atoms with Crippen LogP contribution in [0.15, 0.2) is 18.2 Å². The smallest absolute Gasteiger partial charge is 0.222 e. The minimum Gasteiger partial charge on any atom is -0.391 e. The monoisotopic (exact) mass is 301 g/mol. The van der Waals surface area contributed by atoms with Crippen LogP contribution in [0.1, 0.15) is 23.1 Å². The number of nitrogens with zero attached hydrogens (tertiary/aromatic N) is 3. The van der Waals surface area contributed by atoms with Gasteiger partial charge in [-0.15, -0.1) is 0 Å². The second-order valence-corrected chi connectivity index (χ2v) is 6.27. The molecule has 1 aliphatic rings. The van der Waals surface area contributed by atoms with Crippen LogP contribution in [0.4, 0.5) is 0 Å². The number of hydrogen-bond acceptors (Lipinski definition) is 4. The zero-order chi connectivity index (χ0) is 16.3. The lowest BCUT2D eigenvalue weighted by Gasteiger charge is -2.18. The summed E-state index contributed by atoms with van der Waals surface area (Å²) in [5.74, 6) is 0.0500. The van der Waals surface area contributed by atoms with Crippen molar-refractivity contribution in [3.63, 3.8) is 0 Å². The summed E-state index contributed by atoms with van der Waals surface area (Å²) in [5, 5.41) is 19.1.